The molecular formula is C28H25ClN2O4S. The van der Waals surface area contributed by atoms with Gasteiger partial charge in [-0.25, -0.2) is 9.69 Å². The van der Waals surface area contributed by atoms with Crippen LogP contribution in [0.1, 0.15) is 34.8 Å². The Morgan fingerprint density at radius 1 is 0.944 bits per heavy atom. The molecule has 0 aromatic heterocycles. The van der Waals surface area contributed by atoms with E-state index in [1.165, 1.54) is 11.8 Å². The summed E-state index contributed by atoms with van der Waals surface area (Å²) in [6, 6.07) is 19.2. The third kappa shape index (κ3) is 5.64. The molecule has 0 saturated carbocycles. The number of anilines is 2. The zero-order valence-electron chi connectivity index (χ0n) is 20.1. The van der Waals surface area contributed by atoms with E-state index in [1.54, 1.807) is 48.5 Å². The second-order valence-corrected chi connectivity index (χ2v) is 9.91. The molecule has 0 spiro atoms. The Bertz CT molecular complexity index is 1330. The largest absolute Gasteiger partial charge is 0.462 e. The Labute approximate surface area is 219 Å². The number of rotatable bonds is 8. The molecule has 3 aromatic carbocycles. The van der Waals surface area contributed by atoms with Crippen molar-refractivity contribution in [2.45, 2.75) is 32.1 Å². The van der Waals surface area contributed by atoms with Crippen LogP contribution in [-0.2, 0) is 14.3 Å². The molecule has 3 aromatic rings. The van der Waals surface area contributed by atoms with Gasteiger partial charge in [0.2, 0.25) is 0 Å². The fourth-order valence-electron chi connectivity index (χ4n) is 3.79. The molecule has 1 aliphatic rings. The summed E-state index contributed by atoms with van der Waals surface area (Å²) >= 11 is 7.21. The lowest BCUT2D eigenvalue weighted by atomic mass is 10.1. The molecule has 2 amide bonds. The van der Waals surface area contributed by atoms with Crippen LogP contribution in [0.3, 0.4) is 0 Å². The molecule has 1 N–H and O–H groups in total. The third-order valence-corrected chi connectivity index (χ3v) is 6.71. The van der Waals surface area contributed by atoms with Gasteiger partial charge in [0, 0.05) is 15.6 Å². The second-order valence-electron chi connectivity index (χ2n) is 8.39. The predicted molar refractivity (Wildman–Crippen MR) is 143 cm³/mol. The summed E-state index contributed by atoms with van der Waals surface area (Å²) in [5, 5.41) is 3.76. The van der Waals surface area contributed by atoms with Gasteiger partial charge in [0.1, 0.15) is 10.6 Å². The van der Waals surface area contributed by atoms with Gasteiger partial charge in [-0.15, -0.1) is 0 Å². The SMILES string of the molecule is CCCOC(=O)c1ccc(N2C(=O)C(Nc3cc(C)cc(C)c3)=C(Sc3ccc(Cl)cc3)C2=O)cc1. The number of halogens is 1. The first kappa shape index (κ1) is 25.5. The van der Waals surface area contributed by atoms with Gasteiger partial charge in [-0.3, -0.25) is 9.59 Å². The molecule has 4 rings (SSSR count). The highest BCUT2D eigenvalue weighted by Crippen LogP contribution is 2.38. The van der Waals surface area contributed by atoms with E-state index in [1.807, 2.05) is 39.0 Å². The molecule has 0 radical (unpaired) electrons. The summed E-state index contributed by atoms with van der Waals surface area (Å²) in [5.74, 6) is -1.37. The Morgan fingerprint density at radius 3 is 2.19 bits per heavy atom. The Morgan fingerprint density at radius 2 is 1.58 bits per heavy atom. The van der Waals surface area contributed by atoms with Crippen LogP contribution >= 0.6 is 23.4 Å². The van der Waals surface area contributed by atoms with Crippen molar-refractivity contribution >= 4 is 52.5 Å². The van der Waals surface area contributed by atoms with Crippen LogP contribution < -0.4 is 10.2 Å². The van der Waals surface area contributed by atoms with Crippen LogP contribution in [0.5, 0.6) is 0 Å². The third-order valence-electron chi connectivity index (χ3n) is 5.36. The molecule has 1 heterocycles. The lowest BCUT2D eigenvalue weighted by molar-refractivity contribution is -0.120. The van der Waals surface area contributed by atoms with E-state index >= 15 is 0 Å². The Kier molecular flexibility index (Phi) is 7.82. The number of carbonyl (C=O) groups is 3. The number of nitrogens with zero attached hydrogens (tertiary/aromatic N) is 1. The molecule has 36 heavy (non-hydrogen) atoms. The maximum atomic E-state index is 13.6. The number of aryl methyl sites for hydroxylation is 2. The molecule has 0 bridgehead atoms. The number of amides is 2. The Balaban J connectivity index is 1.67. The lowest BCUT2D eigenvalue weighted by Crippen LogP contribution is -2.32. The maximum Gasteiger partial charge on any atom is 0.338 e. The quantitative estimate of drug-likeness (QED) is 0.269. The van der Waals surface area contributed by atoms with E-state index in [2.05, 4.69) is 5.32 Å². The van der Waals surface area contributed by atoms with Crippen LogP contribution in [0.15, 0.2) is 82.2 Å². The minimum absolute atomic E-state index is 0.191. The average molecular weight is 521 g/mol. The maximum absolute atomic E-state index is 13.6. The standard InChI is InChI=1S/C28H25ClN2O4S/c1-4-13-35-28(34)19-5-9-22(10-6-19)31-26(32)24(30-21-15-17(2)14-18(3)16-21)25(27(31)33)36-23-11-7-20(29)8-12-23/h5-12,14-16,30H,4,13H2,1-3H3. The van der Waals surface area contributed by atoms with E-state index in [-0.39, 0.29) is 10.6 Å². The van der Waals surface area contributed by atoms with Crippen molar-refractivity contribution in [3.8, 4) is 0 Å². The number of hydrogen-bond acceptors (Lipinski definition) is 6. The molecule has 6 nitrogen and oxygen atoms in total. The van der Waals surface area contributed by atoms with Gasteiger partial charge in [-0.2, -0.15) is 0 Å². The van der Waals surface area contributed by atoms with Gasteiger partial charge in [0.25, 0.3) is 11.8 Å². The summed E-state index contributed by atoms with van der Waals surface area (Å²) in [5.41, 5.74) is 3.69. The number of carbonyl (C=O) groups excluding carboxylic acids is 3. The first-order chi connectivity index (χ1) is 17.3. The predicted octanol–water partition coefficient (Wildman–Crippen LogP) is 6.51. The molecule has 1 aliphatic heterocycles. The van der Waals surface area contributed by atoms with Gasteiger partial charge >= 0.3 is 5.97 Å². The fraction of sp³-hybridized carbons (Fsp3) is 0.179. The van der Waals surface area contributed by atoms with E-state index in [0.717, 1.165) is 27.3 Å². The first-order valence-electron chi connectivity index (χ1n) is 11.5. The first-order valence-corrected chi connectivity index (χ1v) is 12.6. The summed E-state index contributed by atoms with van der Waals surface area (Å²) in [7, 11) is 0. The molecule has 8 heteroatoms. The molecule has 0 aliphatic carbocycles. The number of hydrogen-bond donors (Lipinski definition) is 1. The fourth-order valence-corrected chi connectivity index (χ4v) is 4.84. The van der Waals surface area contributed by atoms with Crippen molar-refractivity contribution < 1.29 is 19.1 Å². The normalized spacial score (nSPS) is 13.4. The van der Waals surface area contributed by atoms with E-state index in [0.29, 0.717) is 28.6 Å². The van der Waals surface area contributed by atoms with Crippen molar-refractivity contribution in [2.24, 2.45) is 0 Å². The van der Waals surface area contributed by atoms with Crippen LogP contribution in [-0.4, -0.2) is 24.4 Å². The zero-order chi connectivity index (χ0) is 25.8. The summed E-state index contributed by atoms with van der Waals surface area (Å²) in [6.45, 7) is 6.18. The number of imide groups is 1. The number of nitrogens with one attached hydrogen (secondary N) is 1. The minimum Gasteiger partial charge on any atom is -0.462 e. The minimum atomic E-state index is -0.475. The van der Waals surface area contributed by atoms with E-state index in [4.69, 9.17) is 16.3 Å². The van der Waals surface area contributed by atoms with Crippen molar-refractivity contribution in [3.05, 3.63) is 99.0 Å². The molecule has 0 atom stereocenters. The van der Waals surface area contributed by atoms with Gasteiger partial charge < -0.3 is 10.1 Å². The highest BCUT2D eigenvalue weighted by atomic mass is 35.5. The monoisotopic (exact) mass is 520 g/mol. The summed E-state index contributed by atoms with van der Waals surface area (Å²) < 4.78 is 5.16. The molecule has 0 unspecified atom stereocenters. The van der Waals surface area contributed by atoms with Crippen molar-refractivity contribution in [2.75, 3.05) is 16.8 Å². The van der Waals surface area contributed by atoms with Crippen molar-refractivity contribution in [3.63, 3.8) is 0 Å². The van der Waals surface area contributed by atoms with Crippen LogP contribution in [0.4, 0.5) is 11.4 Å². The van der Waals surface area contributed by atoms with Gasteiger partial charge in [-0.1, -0.05) is 36.4 Å². The highest BCUT2D eigenvalue weighted by Gasteiger charge is 2.40. The molecule has 0 fully saturated rings. The smallest absolute Gasteiger partial charge is 0.338 e. The summed E-state index contributed by atoms with van der Waals surface area (Å²) in [6.07, 6.45) is 0.719. The van der Waals surface area contributed by atoms with Crippen LogP contribution in [0, 0.1) is 13.8 Å². The topological polar surface area (TPSA) is 75.7 Å². The van der Waals surface area contributed by atoms with Crippen LogP contribution in [0.2, 0.25) is 5.02 Å². The van der Waals surface area contributed by atoms with E-state index in [9.17, 15) is 14.4 Å². The van der Waals surface area contributed by atoms with Gasteiger partial charge in [0.15, 0.2) is 0 Å². The lowest BCUT2D eigenvalue weighted by Gasteiger charge is -2.16. The van der Waals surface area contributed by atoms with Gasteiger partial charge in [0.05, 0.1) is 17.9 Å². The highest BCUT2D eigenvalue weighted by molar-refractivity contribution is 8.04. The number of ether oxygens (including phenoxy) is 1. The Hall–Kier alpha value is -3.55. The van der Waals surface area contributed by atoms with Gasteiger partial charge in [-0.05, 0) is 92.1 Å². The average Bonchev–Trinajstić information content (AvgIpc) is 3.07. The number of benzene rings is 3. The molecule has 184 valence electrons. The van der Waals surface area contributed by atoms with Crippen molar-refractivity contribution in [1.29, 1.82) is 0 Å². The number of esters is 1. The van der Waals surface area contributed by atoms with Crippen LogP contribution in [0.25, 0.3) is 0 Å². The number of thioether (sulfide) groups is 1. The zero-order valence-corrected chi connectivity index (χ0v) is 21.7. The molecule has 0 saturated heterocycles. The van der Waals surface area contributed by atoms with Crippen molar-refractivity contribution in [1.82, 2.24) is 0 Å². The molecular weight excluding hydrogens is 496 g/mol. The second kappa shape index (κ2) is 11.0. The summed E-state index contributed by atoms with van der Waals surface area (Å²) in [4.78, 5) is 41.4. The van der Waals surface area contributed by atoms with E-state index < -0.39 is 17.8 Å².